The van der Waals surface area contributed by atoms with Crippen molar-refractivity contribution in [2.75, 3.05) is 14.2 Å². The Hall–Kier alpha value is -0.570. The van der Waals surface area contributed by atoms with Crippen LogP contribution in [0.25, 0.3) is 0 Å². The highest BCUT2D eigenvalue weighted by Crippen LogP contribution is 2.22. The summed E-state index contributed by atoms with van der Waals surface area (Å²) in [6.07, 6.45) is 0.538. The largest absolute Gasteiger partial charge is 0.359 e. The molecule has 0 atom stereocenters. The van der Waals surface area contributed by atoms with Crippen molar-refractivity contribution < 1.29 is 9.53 Å². The Kier molecular flexibility index (Phi) is 4.13. The van der Waals surface area contributed by atoms with Crippen molar-refractivity contribution >= 4 is 5.91 Å². The fourth-order valence-electron chi connectivity index (χ4n) is 1.01. The number of carbonyl (C=O) groups excluding carboxylic acids is 1. The molecule has 84 valence electrons. The summed E-state index contributed by atoms with van der Waals surface area (Å²) in [5, 5.41) is 0. The molecule has 0 saturated carbocycles. The van der Waals surface area contributed by atoms with Crippen LogP contribution in [0.4, 0.5) is 0 Å². The Labute approximate surface area is 87.4 Å². The van der Waals surface area contributed by atoms with Crippen LogP contribution in [0.5, 0.6) is 0 Å². The van der Waals surface area contributed by atoms with Gasteiger partial charge in [0.15, 0.2) is 0 Å². The van der Waals surface area contributed by atoms with E-state index in [0.29, 0.717) is 6.42 Å². The molecule has 0 saturated heterocycles. The first kappa shape index (κ1) is 13.4. The predicted molar refractivity (Wildman–Crippen MR) is 57.9 cm³/mol. The third-order valence-electron chi connectivity index (χ3n) is 2.36. The minimum Gasteiger partial charge on any atom is -0.359 e. The van der Waals surface area contributed by atoms with E-state index in [-0.39, 0.29) is 11.3 Å². The zero-order valence-electron chi connectivity index (χ0n) is 10.5. The van der Waals surface area contributed by atoms with Gasteiger partial charge in [-0.3, -0.25) is 4.79 Å². The first-order valence-corrected chi connectivity index (χ1v) is 4.92. The van der Waals surface area contributed by atoms with E-state index in [9.17, 15) is 4.79 Å². The molecule has 3 nitrogen and oxygen atoms in total. The Bertz CT molecular complexity index is 204. The summed E-state index contributed by atoms with van der Waals surface area (Å²) >= 11 is 0. The molecule has 0 rings (SSSR count). The Morgan fingerprint density at radius 1 is 1.21 bits per heavy atom. The molecule has 0 spiro atoms. The summed E-state index contributed by atoms with van der Waals surface area (Å²) in [5.41, 5.74) is -0.502. The number of amides is 1. The molecule has 0 unspecified atom stereocenters. The first-order chi connectivity index (χ1) is 6.10. The summed E-state index contributed by atoms with van der Waals surface area (Å²) in [5.74, 6) is 0.115. The Morgan fingerprint density at radius 3 is 1.93 bits per heavy atom. The molecule has 0 aromatic carbocycles. The van der Waals surface area contributed by atoms with Crippen LogP contribution >= 0.6 is 0 Å². The molecule has 0 bridgehead atoms. The quantitative estimate of drug-likeness (QED) is 0.655. The first-order valence-electron chi connectivity index (χ1n) is 4.92. The van der Waals surface area contributed by atoms with Crippen LogP contribution in [0, 0.1) is 5.41 Å². The molecular formula is C11H23NO2. The molecule has 14 heavy (non-hydrogen) atoms. The topological polar surface area (TPSA) is 29.5 Å². The van der Waals surface area contributed by atoms with Crippen LogP contribution in [0.2, 0.25) is 0 Å². The summed E-state index contributed by atoms with van der Waals surface area (Å²) in [6.45, 7) is 9.93. The van der Waals surface area contributed by atoms with Crippen molar-refractivity contribution in [3.05, 3.63) is 0 Å². The average Bonchev–Trinajstić information content (AvgIpc) is 2.00. The monoisotopic (exact) mass is 201 g/mol. The molecule has 0 aliphatic heterocycles. The molecule has 0 aromatic rings. The van der Waals surface area contributed by atoms with Gasteiger partial charge >= 0.3 is 0 Å². The zero-order valence-corrected chi connectivity index (χ0v) is 10.5. The molecule has 0 aliphatic carbocycles. The zero-order chi connectivity index (χ0) is 11.6. The molecule has 0 N–H and O–H groups in total. The van der Waals surface area contributed by atoms with E-state index < -0.39 is 5.72 Å². The van der Waals surface area contributed by atoms with Crippen molar-refractivity contribution in [1.82, 2.24) is 4.90 Å². The van der Waals surface area contributed by atoms with Gasteiger partial charge < -0.3 is 9.64 Å². The van der Waals surface area contributed by atoms with Crippen molar-refractivity contribution in [1.29, 1.82) is 0 Å². The highest BCUT2D eigenvalue weighted by molar-refractivity contribution is 5.77. The Morgan fingerprint density at radius 2 is 1.64 bits per heavy atom. The SMILES string of the molecule is COC(C)(C)N(C)C(=O)CC(C)(C)C. The summed E-state index contributed by atoms with van der Waals surface area (Å²) in [4.78, 5) is 13.5. The third kappa shape index (κ3) is 4.09. The van der Waals surface area contributed by atoms with E-state index in [0.717, 1.165) is 0 Å². The van der Waals surface area contributed by atoms with E-state index in [2.05, 4.69) is 20.8 Å². The van der Waals surface area contributed by atoms with Crippen molar-refractivity contribution in [2.45, 2.75) is 46.8 Å². The van der Waals surface area contributed by atoms with Gasteiger partial charge in [0.05, 0.1) is 0 Å². The average molecular weight is 201 g/mol. The maximum absolute atomic E-state index is 11.8. The number of hydrogen-bond donors (Lipinski definition) is 0. The van der Waals surface area contributed by atoms with E-state index in [1.165, 1.54) is 0 Å². The smallest absolute Gasteiger partial charge is 0.225 e. The molecule has 0 heterocycles. The van der Waals surface area contributed by atoms with Crippen LogP contribution in [0.15, 0.2) is 0 Å². The fraction of sp³-hybridized carbons (Fsp3) is 0.909. The lowest BCUT2D eigenvalue weighted by Crippen LogP contribution is -2.47. The van der Waals surface area contributed by atoms with E-state index in [4.69, 9.17) is 4.74 Å². The molecule has 0 aliphatic rings. The number of carbonyl (C=O) groups is 1. The van der Waals surface area contributed by atoms with Crippen molar-refractivity contribution in [3.8, 4) is 0 Å². The second-order valence-electron chi connectivity index (χ2n) is 5.34. The summed E-state index contributed by atoms with van der Waals surface area (Å²) in [6, 6.07) is 0. The predicted octanol–water partition coefficient (Wildman–Crippen LogP) is 2.26. The van der Waals surface area contributed by atoms with Gasteiger partial charge in [0.1, 0.15) is 5.72 Å². The van der Waals surface area contributed by atoms with Crippen molar-refractivity contribution in [3.63, 3.8) is 0 Å². The number of ether oxygens (including phenoxy) is 1. The summed E-state index contributed by atoms with van der Waals surface area (Å²) < 4.78 is 5.24. The molecule has 0 fully saturated rings. The van der Waals surface area contributed by atoms with Crippen LogP contribution < -0.4 is 0 Å². The number of rotatable bonds is 3. The second kappa shape index (κ2) is 4.30. The van der Waals surface area contributed by atoms with Gasteiger partial charge in [0, 0.05) is 20.6 Å². The second-order valence-corrected chi connectivity index (χ2v) is 5.34. The van der Waals surface area contributed by atoms with Crippen LogP contribution in [-0.4, -0.2) is 30.7 Å². The highest BCUT2D eigenvalue weighted by Gasteiger charge is 2.29. The number of hydrogen-bond acceptors (Lipinski definition) is 2. The normalized spacial score (nSPS) is 12.8. The van der Waals surface area contributed by atoms with Gasteiger partial charge in [-0.15, -0.1) is 0 Å². The van der Waals surface area contributed by atoms with Crippen LogP contribution in [-0.2, 0) is 9.53 Å². The number of methoxy groups -OCH3 is 1. The molecule has 1 amide bonds. The molecular weight excluding hydrogens is 178 g/mol. The third-order valence-corrected chi connectivity index (χ3v) is 2.36. The van der Waals surface area contributed by atoms with Crippen molar-refractivity contribution in [2.24, 2.45) is 5.41 Å². The molecule has 3 heteroatoms. The highest BCUT2D eigenvalue weighted by atomic mass is 16.5. The van der Waals surface area contributed by atoms with Gasteiger partial charge in [-0.25, -0.2) is 0 Å². The minimum atomic E-state index is -0.525. The maximum Gasteiger partial charge on any atom is 0.225 e. The fourth-order valence-corrected chi connectivity index (χ4v) is 1.01. The van der Waals surface area contributed by atoms with Gasteiger partial charge in [-0.2, -0.15) is 0 Å². The Balaban J connectivity index is 4.41. The van der Waals surface area contributed by atoms with Gasteiger partial charge in [0.25, 0.3) is 0 Å². The number of nitrogens with zero attached hydrogens (tertiary/aromatic N) is 1. The van der Waals surface area contributed by atoms with Gasteiger partial charge in [-0.05, 0) is 19.3 Å². The van der Waals surface area contributed by atoms with E-state index in [1.54, 1.807) is 19.1 Å². The molecule has 0 radical (unpaired) electrons. The maximum atomic E-state index is 11.8. The van der Waals surface area contributed by atoms with Gasteiger partial charge in [0.2, 0.25) is 5.91 Å². The lowest BCUT2D eigenvalue weighted by molar-refractivity contribution is -0.156. The van der Waals surface area contributed by atoms with Crippen LogP contribution in [0.1, 0.15) is 41.0 Å². The lowest BCUT2D eigenvalue weighted by Gasteiger charge is -2.35. The van der Waals surface area contributed by atoms with Gasteiger partial charge in [-0.1, -0.05) is 20.8 Å². The minimum absolute atomic E-state index is 0.0230. The standard InChI is InChI=1S/C11H23NO2/c1-10(2,3)8-9(13)12(6)11(4,5)14-7/h8H2,1-7H3. The molecule has 0 aromatic heterocycles. The lowest BCUT2D eigenvalue weighted by atomic mass is 9.91. The van der Waals surface area contributed by atoms with Crippen LogP contribution in [0.3, 0.4) is 0 Å². The summed E-state index contributed by atoms with van der Waals surface area (Å²) in [7, 11) is 3.39. The van der Waals surface area contributed by atoms with E-state index in [1.807, 2.05) is 13.8 Å². The van der Waals surface area contributed by atoms with E-state index >= 15 is 0 Å².